The minimum absolute atomic E-state index is 0.0315. The molecule has 4 heterocycles. The lowest BCUT2D eigenvalue weighted by atomic mass is 9.97. The highest BCUT2D eigenvalue weighted by atomic mass is 16.9. The van der Waals surface area contributed by atoms with E-state index in [0.717, 1.165) is 16.7 Å². The van der Waals surface area contributed by atoms with Gasteiger partial charge < -0.3 is 52.1 Å². The van der Waals surface area contributed by atoms with Gasteiger partial charge in [-0.05, 0) is 56.5 Å². The first-order valence-electron chi connectivity index (χ1n) is 19.9. The number of hydrogen-bond acceptors (Lipinski definition) is 12. The highest BCUT2D eigenvalue weighted by Crippen LogP contribution is 2.44. The third-order valence-electron chi connectivity index (χ3n) is 10.5. The third-order valence-corrected chi connectivity index (χ3v) is 10.5. The van der Waals surface area contributed by atoms with E-state index in [4.69, 9.17) is 52.1 Å². The van der Waals surface area contributed by atoms with Crippen molar-refractivity contribution >= 4 is 5.97 Å². The van der Waals surface area contributed by atoms with Gasteiger partial charge in [0.25, 0.3) is 0 Å². The van der Waals surface area contributed by atoms with Crippen LogP contribution in [0.2, 0.25) is 0 Å². The van der Waals surface area contributed by atoms with E-state index in [1.807, 2.05) is 125 Å². The number of hydrogen-bond donors (Lipinski definition) is 0. The maximum Gasteiger partial charge on any atom is 0.338 e. The summed E-state index contributed by atoms with van der Waals surface area (Å²) >= 11 is 0. The summed E-state index contributed by atoms with van der Waals surface area (Å²) in [5, 5.41) is 0. The molecular weight excluding hydrogens is 744 g/mol. The SMILES string of the molecule is CC1(C)O[C@H]2[C@@H](O1)[C@@H](CO[C@@H]1O[C@H](COCc3ccccc3)[C@H](OCc3ccccc3)[C@H](OCc3ccccc3)[C@H]1OC(=O)c1ccccc1)O[C@H]1OC(C)(C)O[C@@H]12. The summed E-state index contributed by atoms with van der Waals surface area (Å²) in [6, 6.07) is 38.3. The number of carbonyl (C=O) groups is 1. The Morgan fingerprint density at radius 1 is 0.517 bits per heavy atom. The highest BCUT2D eigenvalue weighted by molar-refractivity contribution is 5.89. The van der Waals surface area contributed by atoms with Crippen molar-refractivity contribution in [3.8, 4) is 0 Å². The topological polar surface area (TPSA) is 119 Å². The molecule has 4 fully saturated rings. The molecular formula is C46H52O12. The number of rotatable bonds is 15. The van der Waals surface area contributed by atoms with Crippen molar-refractivity contribution in [2.45, 2.75) is 121 Å². The predicted octanol–water partition coefficient (Wildman–Crippen LogP) is 6.74. The minimum atomic E-state index is -1.15. The van der Waals surface area contributed by atoms with Crippen molar-refractivity contribution in [2.75, 3.05) is 13.2 Å². The Kier molecular flexibility index (Phi) is 12.7. The zero-order valence-electron chi connectivity index (χ0n) is 33.3. The van der Waals surface area contributed by atoms with Crippen LogP contribution in [0.1, 0.15) is 54.7 Å². The summed E-state index contributed by atoms with van der Waals surface area (Å²) in [5.41, 5.74) is 3.25. The number of ether oxygens (including phenoxy) is 11. The van der Waals surface area contributed by atoms with E-state index in [9.17, 15) is 4.79 Å². The average Bonchev–Trinajstić information content (AvgIpc) is 3.74. The van der Waals surface area contributed by atoms with Gasteiger partial charge >= 0.3 is 5.97 Å². The van der Waals surface area contributed by atoms with Crippen LogP contribution in [0.5, 0.6) is 0 Å². The standard InChI is InChI=1S/C46H52O12/c1-45(2)55-37-35(53-44-41(39(37)56-45)57-46(3,4)58-44)29-51-43-40(54-42(47)33-23-15-8-16-24-33)38(50-27-32-21-13-7-14-22-32)36(49-26-31-19-11-6-12-20-31)34(52-43)28-48-25-30-17-9-5-10-18-30/h5-24,34-41,43-44H,25-29H2,1-4H3/t34-,35-,36+,37+,38+,39+,40-,41-,43-,44+/m1/s1. The van der Waals surface area contributed by atoms with Crippen LogP contribution < -0.4 is 0 Å². The number of esters is 1. The number of fused-ring (bicyclic) bond motifs is 3. The second-order valence-electron chi connectivity index (χ2n) is 15.8. The van der Waals surface area contributed by atoms with Crippen molar-refractivity contribution in [1.82, 2.24) is 0 Å². The van der Waals surface area contributed by atoms with Crippen molar-refractivity contribution in [1.29, 1.82) is 0 Å². The fourth-order valence-electron chi connectivity index (χ4n) is 7.85. The molecule has 0 spiro atoms. The molecule has 12 nitrogen and oxygen atoms in total. The van der Waals surface area contributed by atoms with Gasteiger partial charge in [-0.25, -0.2) is 4.79 Å². The zero-order valence-corrected chi connectivity index (χ0v) is 33.3. The Morgan fingerprint density at radius 2 is 1.03 bits per heavy atom. The van der Waals surface area contributed by atoms with E-state index in [1.165, 1.54) is 0 Å². The monoisotopic (exact) mass is 796 g/mol. The van der Waals surface area contributed by atoms with E-state index >= 15 is 0 Å². The quantitative estimate of drug-likeness (QED) is 0.119. The first kappa shape index (κ1) is 40.7. The van der Waals surface area contributed by atoms with E-state index in [2.05, 4.69) is 0 Å². The van der Waals surface area contributed by atoms with Gasteiger partial charge in [0.1, 0.15) is 42.7 Å². The summed E-state index contributed by atoms with van der Waals surface area (Å²) in [6.45, 7) is 8.26. The number of benzene rings is 4. The smallest absolute Gasteiger partial charge is 0.338 e. The van der Waals surface area contributed by atoms with E-state index < -0.39 is 79.0 Å². The van der Waals surface area contributed by atoms with Crippen LogP contribution in [-0.2, 0) is 71.9 Å². The van der Waals surface area contributed by atoms with Crippen molar-refractivity contribution in [2.24, 2.45) is 0 Å². The molecule has 0 saturated carbocycles. The molecule has 10 atom stereocenters. The van der Waals surface area contributed by atoms with Gasteiger partial charge in [-0.1, -0.05) is 109 Å². The zero-order chi connectivity index (χ0) is 40.1. The Hall–Kier alpha value is -4.05. The molecule has 58 heavy (non-hydrogen) atoms. The Labute approximate surface area is 339 Å². The normalized spacial score (nSPS) is 31.0. The van der Waals surface area contributed by atoms with Gasteiger partial charge in [0.05, 0.1) is 38.6 Å². The summed E-state index contributed by atoms with van der Waals surface area (Å²) in [6.07, 6.45) is -7.54. The second-order valence-corrected chi connectivity index (χ2v) is 15.8. The first-order valence-corrected chi connectivity index (χ1v) is 19.9. The van der Waals surface area contributed by atoms with Gasteiger partial charge in [0.15, 0.2) is 30.3 Å². The fraction of sp³-hybridized carbons (Fsp3) is 0.457. The van der Waals surface area contributed by atoms with E-state index in [0.29, 0.717) is 12.2 Å². The van der Waals surface area contributed by atoms with Gasteiger partial charge in [-0.2, -0.15) is 0 Å². The fourth-order valence-corrected chi connectivity index (χ4v) is 7.85. The summed E-state index contributed by atoms with van der Waals surface area (Å²) in [5.74, 6) is -2.36. The average molecular weight is 797 g/mol. The maximum absolute atomic E-state index is 13.9. The van der Waals surface area contributed by atoms with Crippen LogP contribution >= 0.6 is 0 Å². The molecule has 308 valence electrons. The molecule has 8 rings (SSSR count). The summed E-state index contributed by atoms with van der Waals surface area (Å²) < 4.78 is 71.3. The van der Waals surface area contributed by atoms with Crippen LogP contribution in [0.3, 0.4) is 0 Å². The molecule has 0 amide bonds. The molecule has 12 heteroatoms. The maximum atomic E-state index is 13.9. The lowest BCUT2D eigenvalue weighted by molar-refractivity contribution is -0.328. The van der Waals surface area contributed by atoms with Crippen LogP contribution in [0, 0.1) is 0 Å². The lowest BCUT2D eigenvalue weighted by Gasteiger charge is -2.46. The molecule has 0 bridgehead atoms. The number of carbonyl (C=O) groups excluding carboxylic acids is 1. The van der Waals surface area contributed by atoms with Crippen LogP contribution in [0.25, 0.3) is 0 Å². The Morgan fingerprint density at radius 3 is 1.66 bits per heavy atom. The highest BCUT2D eigenvalue weighted by Gasteiger charge is 2.61. The van der Waals surface area contributed by atoms with Gasteiger partial charge in [0, 0.05) is 0 Å². The van der Waals surface area contributed by atoms with Crippen LogP contribution in [-0.4, -0.2) is 92.2 Å². The molecule has 4 saturated heterocycles. The summed E-state index contributed by atoms with van der Waals surface area (Å²) in [4.78, 5) is 13.9. The largest absolute Gasteiger partial charge is 0.450 e. The van der Waals surface area contributed by atoms with Crippen LogP contribution in [0.15, 0.2) is 121 Å². The Balaban J connectivity index is 1.11. The van der Waals surface area contributed by atoms with Crippen molar-refractivity contribution in [3.63, 3.8) is 0 Å². The second kappa shape index (κ2) is 18.1. The van der Waals surface area contributed by atoms with Gasteiger partial charge in [0.2, 0.25) is 0 Å². The molecule has 4 aromatic carbocycles. The van der Waals surface area contributed by atoms with Crippen molar-refractivity contribution < 1.29 is 56.9 Å². The van der Waals surface area contributed by atoms with Crippen molar-refractivity contribution in [3.05, 3.63) is 144 Å². The molecule has 0 radical (unpaired) electrons. The third kappa shape index (κ3) is 9.86. The predicted molar refractivity (Wildman–Crippen MR) is 209 cm³/mol. The van der Waals surface area contributed by atoms with Gasteiger partial charge in [-0.15, -0.1) is 0 Å². The van der Waals surface area contributed by atoms with Crippen LogP contribution in [0.4, 0.5) is 0 Å². The lowest BCUT2D eigenvalue weighted by Crippen LogP contribution is -2.63. The first-order chi connectivity index (χ1) is 28.1. The minimum Gasteiger partial charge on any atom is -0.450 e. The molecule has 0 unspecified atom stereocenters. The van der Waals surface area contributed by atoms with Gasteiger partial charge in [-0.3, -0.25) is 0 Å². The van der Waals surface area contributed by atoms with E-state index in [-0.39, 0.29) is 26.4 Å². The molecule has 0 aromatic heterocycles. The molecule has 4 aliphatic heterocycles. The van der Waals surface area contributed by atoms with E-state index in [1.54, 1.807) is 24.3 Å². The molecule has 0 N–H and O–H groups in total. The Bertz CT molecular complexity index is 1900. The molecule has 4 aromatic rings. The summed E-state index contributed by atoms with van der Waals surface area (Å²) in [7, 11) is 0. The molecule has 0 aliphatic carbocycles. The molecule has 4 aliphatic rings.